The lowest BCUT2D eigenvalue weighted by Gasteiger charge is -2.03. The molecule has 0 aliphatic rings. The Morgan fingerprint density at radius 1 is 1.44 bits per heavy atom. The predicted molar refractivity (Wildman–Crippen MR) is 64.3 cm³/mol. The van der Waals surface area contributed by atoms with Crippen molar-refractivity contribution in [3.8, 4) is 11.4 Å². The zero-order valence-electron chi connectivity index (χ0n) is 10.1. The molecule has 4 nitrogen and oxygen atoms in total. The zero-order valence-corrected chi connectivity index (χ0v) is 10.1. The van der Waals surface area contributed by atoms with Crippen LogP contribution in [0.5, 0.6) is 0 Å². The van der Waals surface area contributed by atoms with Gasteiger partial charge >= 0.3 is 0 Å². The van der Waals surface area contributed by atoms with Gasteiger partial charge in [-0.05, 0) is 18.6 Å². The number of benzene rings is 1. The Kier molecular flexibility index (Phi) is 4.04. The number of hydrogen-bond donors (Lipinski definition) is 1. The van der Waals surface area contributed by atoms with Gasteiger partial charge in [-0.25, -0.2) is 4.39 Å². The van der Waals surface area contributed by atoms with Gasteiger partial charge in [0, 0.05) is 5.56 Å². The summed E-state index contributed by atoms with van der Waals surface area (Å²) in [7, 11) is 0. The summed E-state index contributed by atoms with van der Waals surface area (Å²) in [4.78, 5) is 4.14. The fraction of sp³-hybridized carbons (Fsp3) is 0.385. The lowest BCUT2D eigenvalue weighted by molar-refractivity contribution is 0.152. The van der Waals surface area contributed by atoms with Crippen molar-refractivity contribution in [3.05, 3.63) is 36.0 Å². The van der Waals surface area contributed by atoms with Crippen LogP contribution in [0.25, 0.3) is 11.4 Å². The minimum Gasteiger partial charge on any atom is -0.393 e. The van der Waals surface area contributed by atoms with Crippen LogP contribution in [0.3, 0.4) is 0 Å². The molecule has 18 heavy (non-hydrogen) atoms. The van der Waals surface area contributed by atoms with Crippen molar-refractivity contribution in [2.75, 3.05) is 0 Å². The molecule has 0 amide bonds. The van der Waals surface area contributed by atoms with E-state index in [2.05, 4.69) is 10.1 Å². The number of rotatable bonds is 5. The third-order valence-corrected chi connectivity index (χ3v) is 2.58. The van der Waals surface area contributed by atoms with Crippen molar-refractivity contribution in [1.29, 1.82) is 0 Å². The molecule has 0 saturated heterocycles. The van der Waals surface area contributed by atoms with Gasteiger partial charge in [0.2, 0.25) is 11.7 Å². The number of nitrogens with zero attached hydrogens (tertiary/aromatic N) is 2. The highest BCUT2D eigenvalue weighted by Gasteiger charge is 2.12. The van der Waals surface area contributed by atoms with Crippen LogP contribution >= 0.6 is 0 Å². The molecular formula is C13H15FN2O2. The fourth-order valence-electron chi connectivity index (χ4n) is 1.72. The Balaban J connectivity index is 2.10. The van der Waals surface area contributed by atoms with E-state index >= 15 is 0 Å². The Morgan fingerprint density at radius 2 is 2.28 bits per heavy atom. The van der Waals surface area contributed by atoms with Gasteiger partial charge in [0.25, 0.3) is 0 Å². The van der Waals surface area contributed by atoms with Crippen LogP contribution in [0.15, 0.2) is 28.8 Å². The molecule has 0 fully saturated rings. The Morgan fingerprint density at radius 3 is 3.00 bits per heavy atom. The Hall–Kier alpha value is -1.75. The van der Waals surface area contributed by atoms with E-state index in [1.54, 1.807) is 12.1 Å². The van der Waals surface area contributed by atoms with Crippen molar-refractivity contribution in [3.63, 3.8) is 0 Å². The molecule has 0 aliphatic heterocycles. The van der Waals surface area contributed by atoms with Crippen LogP contribution in [-0.4, -0.2) is 21.4 Å². The molecule has 0 saturated carbocycles. The number of hydrogen-bond acceptors (Lipinski definition) is 4. The highest BCUT2D eigenvalue weighted by Crippen LogP contribution is 2.17. The smallest absolute Gasteiger partial charge is 0.229 e. The second kappa shape index (κ2) is 5.73. The predicted octanol–water partition coefficient (Wildman–Crippen LogP) is 2.58. The summed E-state index contributed by atoms with van der Waals surface area (Å²) in [6, 6.07) is 6.00. The molecule has 96 valence electrons. The largest absolute Gasteiger partial charge is 0.393 e. The maximum Gasteiger partial charge on any atom is 0.229 e. The van der Waals surface area contributed by atoms with Gasteiger partial charge in [-0.2, -0.15) is 4.98 Å². The van der Waals surface area contributed by atoms with Crippen molar-refractivity contribution >= 4 is 0 Å². The molecule has 2 rings (SSSR count). The monoisotopic (exact) mass is 250 g/mol. The summed E-state index contributed by atoms with van der Waals surface area (Å²) in [5.41, 5.74) is 0.565. The van der Waals surface area contributed by atoms with Crippen molar-refractivity contribution in [2.45, 2.75) is 32.3 Å². The van der Waals surface area contributed by atoms with Crippen LogP contribution in [-0.2, 0) is 6.42 Å². The lowest BCUT2D eigenvalue weighted by atomic mass is 10.1. The maximum absolute atomic E-state index is 13.0. The zero-order chi connectivity index (χ0) is 13.0. The summed E-state index contributed by atoms with van der Waals surface area (Å²) < 4.78 is 18.1. The average Bonchev–Trinajstić information content (AvgIpc) is 2.78. The molecule has 0 spiro atoms. The summed E-state index contributed by atoms with van der Waals surface area (Å²) in [6.07, 6.45) is 1.44. The number of aliphatic hydroxyl groups excluding tert-OH is 1. The number of aromatic nitrogens is 2. The molecule has 1 heterocycles. The van der Waals surface area contributed by atoms with E-state index < -0.39 is 6.10 Å². The van der Waals surface area contributed by atoms with E-state index in [-0.39, 0.29) is 5.82 Å². The molecule has 1 N–H and O–H groups in total. The average molecular weight is 250 g/mol. The van der Waals surface area contributed by atoms with E-state index in [1.807, 2.05) is 6.92 Å². The first-order valence-corrected chi connectivity index (χ1v) is 5.95. The van der Waals surface area contributed by atoms with Crippen LogP contribution < -0.4 is 0 Å². The molecule has 0 radical (unpaired) electrons. The minimum absolute atomic E-state index is 0.330. The van der Waals surface area contributed by atoms with E-state index in [0.29, 0.717) is 30.1 Å². The van der Waals surface area contributed by atoms with Crippen molar-refractivity contribution in [2.24, 2.45) is 0 Å². The van der Waals surface area contributed by atoms with Gasteiger partial charge in [0.05, 0.1) is 12.5 Å². The van der Waals surface area contributed by atoms with Crippen molar-refractivity contribution < 1.29 is 14.0 Å². The van der Waals surface area contributed by atoms with E-state index in [0.717, 1.165) is 6.42 Å². The standard InChI is InChI=1S/C13H15FN2O2/c1-2-4-11(17)8-12-15-13(16-18-12)9-5-3-6-10(14)7-9/h3,5-7,11,17H,2,4,8H2,1H3. The van der Waals surface area contributed by atoms with E-state index in [9.17, 15) is 9.50 Å². The lowest BCUT2D eigenvalue weighted by Crippen LogP contribution is -2.09. The Bertz CT molecular complexity index is 513. The fourth-order valence-corrected chi connectivity index (χ4v) is 1.72. The van der Waals surface area contributed by atoms with Crippen molar-refractivity contribution in [1.82, 2.24) is 10.1 Å². The highest BCUT2D eigenvalue weighted by molar-refractivity contribution is 5.53. The minimum atomic E-state index is -0.476. The van der Waals surface area contributed by atoms with Gasteiger partial charge in [-0.1, -0.05) is 30.6 Å². The second-order valence-corrected chi connectivity index (χ2v) is 4.17. The molecule has 0 aliphatic carbocycles. The van der Waals surface area contributed by atoms with Gasteiger partial charge in [-0.15, -0.1) is 0 Å². The topological polar surface area (TPSA) is 59.2 Å². The highest BCUT2D eigenvalue weighted by atomic mass is 19.1. The first-order valence-electron chi connectivity index (χ1n) is 5.95. The summed E-state index contributed by atoms with van der Waals surface area (Å²) >= 11 is 0. The number of aliphatic hydroxyl groups is 1. The Labute approximate surface area is 104 Å². The molecule has 1 unspecified atom stereocenters. The third kappa shape index (κ3) is 3.13. The third-order valence-electron chi connectivity index (χ3n) is 2.58. The first kappa shape index (κ1) is 12.7. The second-order valence-electron chi connectivity index (χ2n) is 4.17. The normalized spacial score (nSPS) is 12.6. The molecule has 1 aromatic heterocycles. The number of halogens is 1. The van der Waals surface area contributed by atoms with Crippen LogP contribution in [0.1, 0.15) is 25.7 Å². The van der Waals surface area contributed by atoms with Crippen LogP contribution in [0.2, 0.25) is 0 Å². The molecule has 1 atom stereocenters. The van der Waals surface area contributed by atoms with Gasteiger partial charge in [0.15, 0.2) is 0 Å². The molecular weight excluding hydrogens is 235 g/mol. The van der Waals surface area contributed by atoms with Crippen LogP contribution in [0.4, 0.5) is 4.39 Å². The van der Waals surface area contributed by atoms with Crippen LogP contribution in [0, 0.1) is 5.82 Å². The van der Waals surface area contributed by atoms with E-state index in [4.69, 9.17) is 4.52 Å². The summed E-state index contributed by atoms with van der Waals surface area (Å²) in [6.45, 7) is 2.00. The first-order chi connectivity index (χ1) is 8.69. The summed E-state index contributed by atoms with van der Waals surface area (Å²) in [5.74, 6) is 0.369. The molecule has 1 aromatic carbocycles. The van der Waals surface area contributed by atoms with Gasteiger partial charge in [0.1, 0.15) is 5.82 Å². The quantitative estimate of drug-likeness (QED) is 0.886. The SMILES string of the molecule is CCCC(O)Cc1nc(-c2cccc(F)c2)no1. The summed E-state index contributed by atoms with van der Waals surface area (Å²) in [5, 5.41) is 13.4. The maximum atomic E-state index is 13.0. The van der Waals surface area contributed by atoms with Gasteiger partial charge < -0.3 is 9.63 Å². The molecule has 0 bridgehead atoms. The molecule has 2 aromatic rings. The van der Waals surface area contributed by atoms with Gasteiger partial charge in [-0.3, -0.25) is 0 Å². The van der Waals surface area contributed by atoms with E-state index in [1.165, 1.54) is 12.1 Å². The molecule has 5 heteroatoms.